The van der Waals surface area contributed by atoms with Gasteiger partial charge in [0.05, 0.1) is 5.69 Å². The molecule has 1 aromatic heterocycles. The van der Waals surface area contributed by atoms with Gasteiger partial charge in [-0.05, 0) is 50.1 Å². The van der Waals surface area contributed by atoms with Gasteiger partial charge in [0.1, 0.15) is 0 Å². The fourth-order valence-electron chi connectivity index (χ4n) is 2.03. The lowest BCUT2D eigenvalue weighted by atomic mass is 9.98. The van der Waals surface area contributed by atoms with E-state index in [0.717, 1.165) is 12.1 Å². The average molecular weight is 226 g/mol. The third kappa shape index (κ3) is 2.53. The van der Waals surface area contributed by atoms with Crippen LogP contribution >= 0.6 is 0 Å². The van der Waals surface area contributed by atoms with Crippen molar-refractivity contribution >= 4 is 0 Å². The predicted octanol–water partition coefficient (Wildman–Crippen LogP) is 2.87. The molecule has 2 rings (SSSR count). The predicted molar refractivity (Wildman–Crippen MR) is 71.9 cm³/mol. The van der Waals surface area contributed by atoms with Crippen molar-refractivity contribution in [2.75, 3.05) is 6.54 Å². The standard InChI is InChI=1S/C15H18N2/c1-11-5-6-12(2)14(10-11)15-13(7-8-16)4-3-9-17-15/h3-6,9-10H,7-8,16H2,1-2H3. The molecule has 0 fully saturated rings. The lowest BCUT2D eigenvalue weighted by molar-refractivity contribution is 0.961. The summed E-state index contributed by atoms with van der Waals surface area (Å²) >= 11 is 0. The van der Waals surface area contributed by atoms with Crippen LogP contribution in [0.5, 0.6) is 0 Å². The minimum atomic E-state index is 0.656. The number of aromatic nitrogens is 1. The molecule has 17 heavy (non-hydrogen) atoms. The molecule has 88 valence electrons. The van der Waals surface area contributed by atoms with Crippen LogP contribution in [0.3, 0.4) is 0 Å². The molecule has 0 saturated heterocycles. The first kappa shape index (κ1) is 11.8. The number of pyridine rings is 1. The lowest BCUT2D eigenvalue weighted by Gasteiger charge is -2.11. The van der Waals surface area contributed by atoms with E-state index in [9.17, 15) is 0 Å². The highest BCUT2D eigenvalue weighted by Crippen LogP contribution is 2.25. The Balaban J connectivity index is 2.55. The van der Waals surface area contributed by atoms with Crippen LogP contribution in [0, 0.1) is 13.8 Å². The second-order valence-electron chi connectivity index (χ2n) is 4.37. The largest absolute Gasteiger partial charge is 0.330 e. The Hall–Kier alpha value is -1.67. The van der Waals surface area contributed by atoms with E-state index in [1.165, 1.54) is 22.3 Å². The van der Waals surface area contributed by atoms with Crippen LogP contribution in [0.25, 0.3) is 11.3 Å². The monoisotopic (exact) mass is 226 g/mol. The zero-order chi connectivity index (χ0) is 12.3. The van der Waals surface area contributed by atoms with Gasteiger partial charge in [-0.2, -0.15) is 0 Å². The van der Waals surface area contributed by atoms with Crippen molar-refractivity contribution in [1.29, 1.82) is 0 Å². The molecule has 0 radical (unpaired) electrons. The van der Waals surface area contributed by atoms with Gasteiger partial charge < -0.3 is 5.73 Å². The molecule has 0 aliphatic heterocycles. The second kappa shape index (κ2) is 5.11. The van der Waals surface area contributed by atoms with Gasteiger partial charge in [0.2, 0.25) is 0 Å². The van der Waals surface area contributed by atoms with Gasteiger partial charge in [-0.25, -0.2) is 0 Å². The van der Waals surface area contributed by atoms with E-state index in [-0.39, 0.29) is 0 Å². The smallest absolute Gasteiger partial charge is 0.0737 e. The summed E-state index contributed by atoms with van der Waals surface area (Å²) < 4.78 is 0. The van der Waals surface area contributed by atoms with Crippen LogP contribution in [0.4, 0.5) is 0 Å². The maximum atomic E-state index is 5.65. The zero-order valence-corrected chi connectivity index (χ0v) is 10.4. The van der Waals surface area contributed by atoms with Gasteiger partial charge in [0.15, 0.2) is 0 Å². The molecule has 0 spiro atoms. The Morgan fingerprint density at radius 3 is 2.76 bits per heavy atom. The maximum Gasteiger partial charge on any atom is 0.0737 e. The average Bonchev–Trinajstić information content (AvgIpc) is 2.34. The van der Waals surface area contributed by atoms with Crippen molar-refractivity contribution in [3.63, 3.8) is 0 Å². The summed E-state index contributed by atoms with van der Waals surface area (Å²) in [6, 6.07) is 10.5. The van der Waals surface area contributed by atoms with Crippen molar-refractivity contribution in [3.8, 4) is 11.3 Å². The summed E-state index contributed by atoms with van der Waals surface area (Å²) in [6.45, 7) is 4.88. The molecule has 0 amide bonds. The summed E-state index contributed by atoms with van der Waals surface area (Å²) in [5, 5.41) is 0. The van der Waals surface area contributed by atoms with Crippen molar-refractivity contribution in [2.45, 2.75) is 20.3 Å². The van der Waals surface area contributed by atoms with Crippen molar-refractivity contribution in [2.24, 2.45) is 5.73 Å². The lowest BCUT2D eigenvalue weighted by Crippen LogP contribution is -2.05. The fourth-order valence-corrected chi connectivity index (χ4v) is 2.03. The summed E-state index contributed by atoms with van der Waals surface area (Å²) in [7, 11) is 0. The molecular weight excluding hydrogens is 208 g/mol. The third-order valence-corrected chi connectivity index (χ3v) is 2.95. The van der Waals surface area contributed by atoms with E-state index in [1.54, 1.807) is 0 Å². The van der Waals surface area contributed by atoms with Gasteiger partial charge in [0, 0.05) is 11.8 Å². The van der Waals surface area contributed by atoms with E-state index in [4.69, 9.17) is 5.73 Å². The van der Waals surface area contributed by atoms with Gasteiger partial charge in [-0.15, -0.1) is 0 Å². The Labute approximate surface area is 103 Å². The molecule has 0 saturated carbocycles. The van der Waals surface area contributed by atoms with Gasteiger partial charge >= 0.3 is 0 Å². The van der Waals surface area contributed by atoms with Gasteiger partial charge in [-0.3, -0.25) is 4.98 Å². The molecular formula is C15H18N2. The van der Waals surface area contributed by atoms with E-state index < -0.39 is 0 Å². The quantitative estimate of drug-likeness (QED) is 0.874. The fraction of sp³-hybridized carbons (Fsp3) is 0.267. The Morgan fingerprint density at radius 1 is 1.18 bits per heavy atom. The minimum absolute atomic E-state index is 0.656. The molecule has 0 unspecified atom stereocenters. The van der Waals surface area contributed by atoms with E-state index in [1.807, 2.05) is 12.3 Å². The van der Waals surface area contributed by atoms with Crippen LogP contribution in [-0.4, -0.2) is 11.5 Å². The number of nitrogens with two attached hydrogens (primary N) is 1. The zero-order valence-electron chi connectivity index (χ0n) is 10.4. The number of benzene rings is 1. The molecule has 2 nitrogen and oxygen atoms in total. The summed E-state index contributed by atoms with van der Waals surface area (Å²) in [4.78, 5) is 4.51. The number of rotatable bonds is 3. The molecule has 1 heterocycles. The molecule has 0 aliphatic carbocycles. The Bertz CT molecular complexity index is 518. The molecule has 1 aromatic carbocycles. The van der Waals surface area contributed by atoms with Crippen molar-refractivity contribution < 1.29 is 0 Å². The van der Waals surface area contributed by atoms with Crippen LogP contribution in [0.2, 0.25) is 0 Å². The Kier molecular flexibility index (Phi) is 3.55. The first-order valence-electron chi connectivity index (χ1n) is 5.94. The molecule has 2 N–H and O–H groups in total. The first-order valence-corrected chi connectivity index (χ1v) is 5.94. The van der Waals surface area contributed by atoms with Crippen LogP contribution in [0.1, 0.15) is 16.7 Å². The number of aryl methyl sites for hydroxylation is 2. The first-order chi connectivity index (χ1) is 8.22. The van der Waals surface area contributed by atoms with Crippen LogP contribution < -0.4 is 5.73 Å². The van der Waals surface area contributed by atoms with E-state index >= 15 is 0 Å². The third-order valence-electron chi connectivity index (χ3n) is 2.95. The summed E-state index contributed by atoms with van der Waals surface area (Å²) in [5.74, 6) is 0. The van der Waals surface area contributed by atoms with E-state index in [0.29, 0.717) is 6.54 Å². The van der Waals surface area contributed by atoms with Crippen molar-refractivity contribution in [3.05, 3.63) is 53.2 Å². The SMILES string of the molecule is Cc1ccc(C)c(-c2ncccc2CCN)c1. The van der Waals surface area contributed by atoms with E-state index in [2.05, 4.69) is 43.1 Å². The molecule has 2 aromatic rings. The topological polar surface area (TPSA) is 38.9 Å². The number of nitrogens with zero attached hydrogens (tertiary/aromatic N) is 1. The van der Waals surface area contributed by atoms with Crippen molar-refractivity contribution in [1.82, 2.24) is 4.98 Å². The molecule has 0 atom stereocenters. The minimum Gasteiger partial charge on any atom is -0.330 e. The summed E-state index contributed by atoms with van der Waals surface area (Å²) in [6.07, 6.45) is 2.72. The Morgan fingerprint density at radius 2 is 2.00 bits per heavy atom. The highest BCUT2D eigenvalue weighted by molar-refractivity contribution is 5.67. The summed E-state index contributed by atoms with van der Waals surface area (Å²) in [5.41, 5.74) is 11.7. The highest BCUT2D eigenvalue weighted by Gasteiger charge is 2.08. The molecule has 0 bridgehead atoms. The van der Waals surface area contributed by atoms with Gasteiger partial charge in [-0.1, -0.05) is 23.8 Å². The second-order valence-corrected chi connectivity index (χ2v) is 4.37. The van der Waals surface area contributed by atoms with Crippen LogP contribution in [-0.2, 0) is 6.42 Å². The number of hydrogen-bond donors (Lipinski definition) is 1. The van der Waals surface area contributed by atoms with Gasteiger partial charge in [0.25, 0.3) is 0 Å². The molecule has 0 aliphatic rings. The maximum absolute atomic E-state index is 5.65. The normalized spacial score (nSPS) is 10.5. The highest BCUT2D eigenvalue weighted by atomic mass is 14.7. The molecule has 2 heteroatoms. The van der Waals surface area contributed by atoms with Crippen LogP contribution in [0.15, 0.2) is 36.5 Å². The number of hydrogen-bond acceptors (Lipinski definition) is 2.